The van der Waals surface area contributed by atoms with Crippen LogP contribution in [0.4, 0.5) is 11.4 Å². The number of nitrogens with zero attached hydrogens (tertiary/aromatic N) is 1. The Labute approximate surface area is 142 Å². The van der Waals surface area contributed by atoms with Crippen LogP contribution in [0.5, 0.6) is 0 Å². The van der Waals surface area contributed by atoms with Crippen molar-refractivity contribution in [2.24, 2.45) is 5.16 Å². The van der Waals surface area contributed by atoms with Crippen LogP contribution in [0.15, 0.2) is 53.3 Å². The lowest BCUT2D eigenvalue weighted by atomic mass is 9.99. The molecule has 0 unspecified atom stereocenters. The number of fused-ring (bicyclic) bond motifs is 2. The first kappa shape index (κ1) is 14.9. The van der Waals surface area contributed by atoms with Gasteiger partial charge >= 0.3 is 5.97 Å². The molecule has 4 rings (SSSR count). The zero-order valence-corrected chi connectivity index (χ0v) is 13.2. The SMILES string of the molecule is COC(=O)c1ccc2c(c1)/C(=C1/Nc3ccccc3/C1=N\O)C(=O)N2. The zero-order chi connectivity index (χ0) is 17.6. The van der Waals surface area contributed by atoms with Gasteiger partial charge in [0.05, 0.1) is 23.9 Å². The lowest BCUT2D eigenvalue weighted by molar-refractivity contribution is -0.110. The Balaban J connectivity index is 1.92. The van der Waals surface area contributed by atoms with Gasteiger partial charge in [0.25, 0.3) is 5.91 Å². The first-order chi connectivity index (χ1) is 12.1. The van der Waals surface area contributed by atoms with Crippen molar-refractivity contribution in [3.8, 4) is 0 Å². The number of benzene rings is 2. The summed E-state index contributed by atoms with van der Waals surface area (Å²) in [6.45, 7) is 0. The van der Waals surface area contributed by atoms with Crippen molar-refractivity contribution in [3.05, 3.63) is 64.9 Å². The maximum absolute atomic E-state index is 12.5. The Hall–Kier alpha value is -3.61. The largest absolute Gasteiger partial charge is 0.465 e. The van der Waals surface area contributed by atoms with Gasteiger partial charge in [0.2, 0.25) is 0 Å². The minimum Gasteiger partial charge on any atom is -0.465 e. The topological polar surface area (TPSA) is 100 Å². The summed E-state index contributed by atoms with van der Waals surface area (Å²) in [7, 11) is 1.30. The highest BCUT2D eigenvalue weighted by Crippen LogP contribution is 2.39. The average Bonchev–Trinajstić information content (AvgIpc) is 3.16. The number of rotatable bonds is 1. The van der Waals surface area contributed by atoms with E-state index in [0.29, 0.717) is 33.6 Å². The van der Waals surface area contributed by atoms with Crippen LogP contribution < -0.4 is 10.6 Å². The number of ether oxygens (including phenoxy) is 1. The van der Waals surface area contributed by atoms with E-state index < -0.39 is 5.97 Å². The number of para-hydroxylation sites is 1. The van der Waals surface area contributed by atoms with Crippen molar-refractivity contribution in [2.75, 3.05) is 17.7 Å². The van der Waals surface area contributed by atoms with Crippen LogP contribution in [0, 0.1) is 0 Å². The fourth-order valence-corrected chi connectivity index (χ4v) is 3.07. The van der Waals surface area contributed by atoms with E-state index in [-0.39, 0.29) is 11.6 Å². The highest BCUT2D eigenvalue weighted by molar-refractivity contribution is 6.39. The summed E-state index contributed by atoms with van der Waals surface area (Å²) < 4.78 is 4.74. The summed E-state index contributed by atoms with van der Waals surface area (Å²) in [6, 6.07) is 12.1. The van der Waals surface area contributed by atoms with Gasteiger partial charge in [-0.3, -0.25) is 4.79 Å². The Morgan fingerprint density at radius 2 is 1.84 bits per heavy atom. The standard InChI is InChI=1S/C18H13N3O4/c1-25-18(23)9-6-7-13-11(8-9)14(17(22)20-13)16-15(21-24)10-4-2-3-5-12(10)19-16/h2-8,19,24H,1H3,(H,20,22)/b16-14-,21-15+. The lowest BCUT2D eigenvalue weighted by Gasteiger charge is -2.06. The number of methoxy groups -OCH3 is 1. The van der Waals surface area contributed by atoms with E-state index in [1.165, 1.54) is 7.11 Å². The first-order valence-electron chi connectivity index (χ1n) is 7.51. The third-order valence-electron chi connectivity index (χ3n) is 4.21. The second-order valence-corrected chi connectivity index (χ2v) is 5.58. The maximum atomic E-state index is 12.5. The van der Waals surface area contributed by atoms with Crippen molar-refractivity contribution >= 4 is 34.5 Å². The van der Waals surface area contributed by atoms with Crippen molar-refractivity contribution in [3.63, 3.8) is 0 Å². The molecule has 0 atom stereocenters. The van der Waals surface area contributed by atoms with E-state index >= 15 is 0 Å². The van der Waals surface area contributed by atoms with E-state index in [2.05, 4.69) is 15.8 Å². The summed E-state index contributed by atoms with van der Waals surface area (Å²) >= 11 is 0. The summed E-state index contributed by atoms with van der Waals surface area (Å²) in [4.78, 5) is 24.3. The molecule has 3 N–H and O–H groups in total. The minimum absolute atomic E-state index is 0.275. The van der Waals surface area contributed by atoms with E-state index in [9.17, 15) is 14.8 Å². The maximum Gasteiger partial charge on any atom is 0.337 e. The number of anilines is 2. The molecule has 2 aliphatic rings. The van der Waals surface area contributed by atoms with E-state index in [1.807, 2.05) is 18.2 Å². The molecule has 2 aliphatic heterocycles. The van der Waals surface area contributed by atoms with Gasteiger partial charge in [-0.15, -0.1) is 0 Å². The number of nitrogens with one attached hydrogen (secondary N) is 2. The van der Waals surface area contributed by atoms with Crippen molar-refractivity contribution in [1.82, 2.24) is 0 Å². The monoisotopic (exact) mass is 335 g/mol. The van der Waals surface area contributed by atoms with Crippen LogP contribution in [0.1, 0.15) is 21.5 Å². The van der Waals surface area contributed by atoms with Gasteiger partial charge in [-0.05, 0) is 24.3 Å². The van der Waals surface area contributed by atoms with Gasteiger partial charge in [-0.25, -0.2) is 4.79 Å². The van der Waals surface area contributed by atoms with Gasteiger partial charge in [-0.1, -0.05) is 23.4 Å². The minimum atomic E-state index is -0.495. The summed E-state index contributed by atoms with van der Waals surface area (Å²) in [5, 5.41) is 18.7. The number of hydrogen-bond donors (Lipinski definition) is 3. The van der Waals surface area contributed by atoms with Crippen molar-refractivity contribution < 1.29 is 19.5 Å². The molecule has 2 aromatic rings. The Bertz CT molecular complexity index is 992. The second kappa shape index (κ2) is 5.48. The van der Waals surface area contributed by atoms with E-state index in [4.69, 9.17) is 4.74 Å². The normalized spacial score (nSPS) is 19.2. The summed E-state index contributed by atoms with van der Waals surface area (Å²) in [5.41, 5.74) is 3.86. The Kier molecular flexibility index (Phi) is 3.28. The van der Waals surface area contributed by atoms with Crippen LogP contribution in [0.2, 0.25) is 0 Å². The van der Waals surface area contributed by atoms with Gasteiger partial charge in [0, 0.05) is 22.5 Å². The third kappa shape index (κ3) is 2.17. The molecule has 7 heteroatoms. The van der Waals surface area contributed by atoms with Crippen LogP contribution in [0.3, 0.4) is 0 Å². The zero-order valence-electron chi connectivity index (χ0n) is 13.2. The van der Waals surface area contributed by atoms with Crippen molar-refractivity contribution in [2.45, 2.75) is 0 Å². The van der Waals surface area contributed by atoms with Crippen LogP contribution in [-0.2, 0) is 9.53 Å². The number of allylic oxidation sites excluding steroid dienone is 1. The summed E-state index contributed by atoms with van der Waals surface area (Å²) in [6.07, 6.45) is 0. The molecule has 2 heterocycles. The predicted molar refractivity (Wildman–Crippen MR) is 91.7 cm³/mol. The molecule has 25 heavy (non-hydrogen) atoms. The van der Waals surface area contributed by atoms with Crippen LogP contribution in [-0.4, -0.2) is 29.9 Å². The fraction of sp³-hybridized carbons (Fsp3) is 0.0556. The molecular weight excluding hydrogens is 322 g/mol. The number of carbonyl (C=O) groups excluding carboxylic acids is 2. The number of esters is 1. The molecule has 7 nitrogen and oxygen atoms in total. The molecular formula is C18H13N3O4. The highest BCUT2D eigenvalue weighted by Gasteiger charge is 2.34. The second-order valence-electron chi connectivity index (χ2n) is 5.58. The summed E-state index contributed by atoms with van der Waals surface area (Å²) in [5.74, 6) is -0.835. The first-order valence-corrected chi connectivity index (χ1v) is 7.51. The molecule has 1 amide bonds. The molecule has 0 radical (unpaired) electrons. The van der Waals surface area contributed by atoms with Gasteiger partial charge < -0.3 is 20.6 Å². The lowest BCUT2D eigenvalue weighted by Crippen LogP contribution is -2.12. The van der Waals surface area contributed by atoms with E-state index in [0.717, 1.165) is 5.69 Å². The smallest absolute Gasteiger partial charge is 0.337 e. The third-order valence-corrected chi connectivity index (χ3v) is 4.21. The molecule has 0 bridgehead atoms. The molecule has 0 aromatic heterocycles. The molecule has 0 spiro atoms. The predicted octanol–water partition coefficient (Wildman–Crippen LogP) is 2.44. The van der Waals surface area contributed by atoms with Crippen molar-refractivity contribution in [1.29, 1.82) is 0 Å². The number of amides is 1. The Morgan fingerprint density at radius 3 is 2.60 bits per heavy atom. The number of oxime groups is 1. The van der Waals surface area contributed by atoms with Gasteiger partial charge in [0.1, 0.15) is 5.71 Å². The van der Waals surface area contributed by atoms with Gasteiger partial charge in [-0.2, -0.15) is 0 Å². The van der Waals surface area contributed by atoms with E-state index in [1.54, 1.807) is 24.3 Å². The van der Waals surface area contributed by atoms with Crippen LogP contribution >= 0.6 is 0 Å². The highest BCUT2D eigenvalue weighted by atomic mass is 16.5. The average molecular weight is 335 g/mol. The molecule has 0 aliphatic carbocycles. The fourth-order valence-electron chi connectivity index (χ4n) is 3.07. The Morgan fingerprint density at radius 1 is 1.08 bits per heavy atom. The molecule has 0 fully saturated rings. The quantitative estimate of drug-likeness (QED) is 0.322. The molecule has 0 saturated heterocycles. The molecule has 124 valence electrons. The molecule has 2 aromatic carbocycles. The van der Waals surface area contributed by atoms with Gasteiger partial charge in [0.15, 0.2) is 0 Å². The number of hydrogen-bond acceptors (Lipinski definition) is 6. The molecule has 0 saturated carbocycles. The van der Waals surface area contributed by atoms with Crippen LogP contribution in [0.25, 0.3) is 5.57 Å². The number of carbonyl (C=O) groups is 2.